The SMILES string of the molecule is CC(C)CC1=NN2C(=N)/C(=C/c3ccc(-c4cc(Cl)cc(Cl)c4)o3)C(=O)N=C2S1. The number of hydrazone groups is 1. The summed E-state index contributed by atoms with van der Waals surface area (Å²) in [7, 11) is 0. The summed E-state index contributed by atoms with van der Waals surface area (Å²) in [6.45, 7) is 4.18. The zero-order valence-electron chi connectivity index (χ0n) is 15.6. The standard InChI is InChI=1S/C20H16Cl2N4O2S/c1-10(2)5-17-25-26-18(23)15(19(27)24-20(26)29-17)9-14-3-4-16(28-14)11-6-12(21)8-13(22)7-11/h3-4,6-10,23H,5H2,1-2H3/b15-9-,23-18?. The van der Waals surface area contributed by atoms with Crippen molar-refractivity contribution in [2.75, 3.05) is 0 Å². The van der Waals surface area contributed by atoms with E-state index < -0.39 is 5.91 Å². The van der Waals surface area contributed by atoms with Crippen LogP contribution in [0, 0.1) is 11.3 Å². The molecule has 4 rings (SSSR count). The van der Waals surface area contributed by atoms with E-state index in [0.717, 1.165) is 17.0 Å². The topological polar surface area (TPSA) is 82.0 Å². The molecular weight excluding hydrogens is 431 g/mol. The zero-order chi connectivity index (χ0) is 20.7. The van der Waals surface area contributed by atoms with Gasteiger partial charge in [0.15, 0.2) is 5.84 Å². The minimum absolute atomic E-state index is 0.0185. The fourth-order valence-corrected chi connectivity index (χ4v) is 4.51. The van der Waals surface area contributed by atoms with Gasteiger partial charge in [-0.2, -0.15) is 15.1 Å². The van der Waals surface area contributed by atoms with Crippen LogP contribution in [0.15, 0.2) is 50.4 Å². The van der Waals surface area contributed by atoms with Gasteiger partial charge in [-0.05, 0) is 54.1 Å². The number of fused-ring (bicyclic) bond motifs is 1. The molecule has 1 aromatic carbocycles. The Morgan fingerprint density at radius 1 is 1.24 bits per heavy atom. The third-order valence-corrected chi connectivity index (χ3v) is 5.51. The molecule has 0 aliphatic carbocycles. The molecule has 0 radical (unpaired) electrons. The van der Waals surface area contributed by atoms with Crippen LogP contribution in [0.2, 0.25) is 10.0 Å². The van der Waals surface area contributed by atoms with Gasteiger partial charge in [0.1, 0.15) is 16.6 Å². The van der Waals surface area contributed by atoms with E-state index in [0.29, 0.717) is 32.7 Å². The zero-order valence-corrected chi connectivity index (χ0v) is 17.9. The number of rotatable bonds is 4. The molecule has 148 valence electrons. The molecule has 29 heavy (non-hydrogen) atoms. The first-order chi connectivity index (χ1) is 13.8. The smallest absolute Gasteiger partial charge is 0.283 e. The Morgan fingerprint density at radius 2 is 1.97 bits per heavy atom. The number of furan rings is 1. The third-order valence-electron chi connectivity index (χ3n) is 4.14. The maximum absolute atomic E-state index is 12.5. The van der Waals surface area contributed by atoms with Crippen molar-refractivity contribution in [3.05, 3.63) is 51.7 Å². The number of carbonyl (C=O) groups excluding carboxylic acids is 1. The van der Waals surface area contributed by atoms with Crippen molar-refractivity contribution in [2.24, 2.45) is 16.0 Å². The highest BCUT2D eigenvalue weighted by Crippen LogP contribution is 2.32. The van der Waals surface area contributed by atoms with Crippen molar-refractivity contribution in [1.29, 1.82) is 5.41 Å². The number of amides is 1. The molecule has 2 aliphatic rings. The average molecular weight is 447 g/mol. The van der Waals surface area contributed by atoms with E-state index in [1.165, 1.54) is 22.8 Å². The van der Waals surface area contributed by atoms with Crippen molar-refractivity contribution in [3.8, 4) is 11.3 Å². The predicted octanol–water partition coefficient (Wildman–Crippen LogP) is 5.92. The molecule has 0 saturated carbocycles. The molecule has 0 spiro atoms. The Bertz CT molecular complexity index is 1100. The van der Waals surface area contributed by atoms with Crippen LogP contribution in [-0.2, 0) is 4.79 Å². The van der Waals surface area contributed by atoms with Crippen LogP contribution in [0.5, 0.6) is 0 Å². The Morgan fingerprint density at radius 3 is 2.66 bits per heavy atom. The normalized spacial score (nSPS) is 17.8. The lowest BCUT2D eigenvalue weighted by molar-refractivity contribution is -0.114. The van der Waals surface area contributed by atoms with Crippen molar-refractivity contribution in [1.82, 2.24) is 5.01 Å². The monoisotopic (exact) mass is 446 g/mol. The van der Waals surface area contributed by atoms with Gasteiger partial charge in [0, 0.05) is 22.0 Å². The Hall–Kier alpha value is -2.35. The van der Waals surface area contributed by atoms with Gasteiger partial charge < -0.3 is 4.42 Å². The Kier molecular flexibility index (Phi) is 5.38. The highest BCUT2D eigenvalue weighted by atomic mass is 35.5. The maximum atomic E-state index is 12.5. The molecule has 1 N–H and O–H groups in total. The summed E-state index contributed by atoms with van der Waals surface area (Å²) in [5.41, 5.74) is 0.838. The molecule has 2 aromatic rings. The molecule has 9 heteroatoms. The third kappa shape index (κ3) is 4.17. The summed E-state index contributed by atoms with van der Waals surface area (Å²) in [5, 5.41) is 16.5. The van der Waals surface area contributed by atoms with Gasteiger partial charge in [0.05, 0.1) is 5.57 Å². The Balaban J connectivity index is 1.62. The Labute approximate surface area is 181 Å². The molecule has 6 nitrogen and oxygen atoms in total. The van der Waals surface area contributed by atoms with Crippen LogP contribution < -0.4 is 0 Å². The number of carbonyl (C=O) groups is 1. The van der Waals surface area contributed by atoms with E-state index >= 15 is 0 Å². The quantitative estimate of drug-likeness (QED) is 0.590. The first-order valence-electron chi connectivity index (χ1n) is 8.85. The fourth-order valence-electron chi connectivity index (χ4n) is 2.89. The largest absolute Gasteiger partial charge is 0.457 e. The summed E-state index contributed by atoms with van der Waals surface area (Å²) in [6.07, 6.45) is 2.27. The highest BCUT2D eigenvalue weighted by Gasteiger charge is 2.35. The number of thioether (sulfide) groups is 1. The average Bonchev–Trinajstić information content (AvgIpc) is 3.24. The number of benzene rings is 1. The van der Waals surface area contributed by atoms with E-state index in [2.05, 4.69) is 23.9 Å². The van der Waals surface area contributed by atoms with Crippen molar-refractivity contribution >= 4 is 63.0 Å². The van der Waals surface area contributed by atoms with Crippen LogP contribution in [0.1, 0.15) is 26.0 Å². The molecule has 0 bridgehead atoms. The number of amidine groups is 2. The second-order valence-electron chi connectivity index (χ2n) is 6.97. The summed E-state index contributed by atoms with van der Waals surface area (Å²) >= 11 is 13.4. The maximum Gasteiger partial charge on any atom is 0.283 e. The number of aliphatic imine (C=N–C) groups is 1. The first-order valence-corrected chi connectivity index (χ1v) is 10.4. The van der Waals surface area contributed by atoms with Crippen LogP contribution in [-0.4, -0.2) is 27.0 Å². The van der Waals surface area contributed by atoms with Gasteiger partial charge in [-0.15, -0.1) is 0 Å². The van der Waals surface area contributed by atoms with E-state index in [4.69, 9.17) is 33.0 Å². The second-order valence-corrected chi connectivity index (χ2v) is 8.89. The van der Waals surface area contributed by atoms with E-state index in [1.54, 1.807) is 30.3 Å². The molecule has 0 unspecified atom stereocenters. The van der Waals surface area contributed by atoms with Gasteiger partial charge in [-0.3, -0.25) is 10.2 Å². The molecule has 1 aromatic heterocycles. The van der Waals surface area contributed by atoms with Gasteiger partial charge in [-0.1, -0.05) is 37.0 Å². The van der Waals surface area contributed by atoms with Gasteiger partial charge in [0.2, 0.25) is 5.17 Å². The molecule has 0 fully saturated rings. The fraction of sp³-hybridized carbons (Fsp3) is 0.200. The van der Waals surface area contributed by atoms with Crippen molar-refractivity contribution < 1.29 is 9.21 Å². The predicted molar refractivity (Wildman–Crippen MR) is 119 cm³/mol. The summed E-state index contributed by atoms with van der Waals surface area (Å²) in [4.78, 5) is 16.6. The summed E-state index contributed by atoms with van der Waals surface area (Å²) in [5.74, 6) is 0.883. The minimum atomic E-state index is -0.488. The van der Waals surface area contributed by atoms with Crippen LogP contribution in [0.25, 0.3) is 17.4 Å². The van der Waals surface area contributed by atoms with E-state index in [-0.39, 0.29) is 11.4 Å². The molecule has 0 atom stereocenters. The van der Waals surface area contributed by atoms with Gasteiger partial charge in [-0.25, -0.2) is 0 Å². The van der Waals surface area contributed by atoms with Crippen LogP contribution in [0.3, 0.4) is 0 Å². The van der Waals surface area contributed by atoms with Crippen molar-refractivity contribution in [3.63, 3.8) is 0 Å². The molecular formula is C20H16Cl2N4O2S. The van der Waals surface area contributed by atoms with E-state index in [1.807, 2.05) is 0 Å². The lowest BCUT2D eigenvalue weighted by Crippen LogP contribution is -2.35. The second kappa shape index (κ2) is 7.82. The van der Waals surface area contributed by atoms with Crippen LogP contribution in [0.4, 0.5) is 0 Å². The minimum Gasteiger partial charge on any atom is -0.457 e. The number of hydrogen-bond acceptors (Lipinski definition) is 5. The van der Waals surface area contributed by atoms with E-state index in [9.17, 15) is 4.79 Å². The molecule has 2 aliphatic heterocycles. The molecule has 1 amide bonds. The molecule has 0 saturated heterocycles. The number of halogens is 2. The van der Waals surface area contributed by atoms with Crippen molar-refractivity contribution in [2.45, 2.75) is 20.3 Å². The number of nitrogens with zero attached hydrogens (tertiary/aromatic N) is 3. The summed E-state index contributed by atoms with van der Waals surface area (Å²) < 4.78 is 5.81. The lowest BCUT2D eigenvalue weighted by atomic mass is 10.1. The van der Waals surface area contributed by atoms with Crippen LogP contribution >= 0.6 is 35.0 Å². The number of nitrogens with one attached hydrogen (secondary N) is 1. The number of hydrogen-bond donors (Lipinski definition) is 1. The van der Waals surface area contributed by atoms with Gasteiger partial charge >= 0.3 is 0 Å². The highest BCUT2D eigenvalue weighted by molar-refractivity contribution is 8.26. The lowest BCUT2D eigenvalue weighted by Gasteiger charge is -2.19. The summed E-state index contributed by atoms with van der Waals surface area (Å²) in [6, 6.07) is 8.58. The first kappa shape index (κ1) is 19.9. The van der Waals surface area contributed by atoms with Gasteiger partial charge in [0.25, 0.3) is 5.91 Å². The molecule has 3 heterocycles.